The summed E-state index contributed by atoms with van der Waals surface area (Å²) in [4.78, 5) is 7.67. The number of anilines is 1. The van der Waals surface area contributed by atoms with E-state index in [1.807, 2.05) is 23.9 Å². The molecule has 0 amide bonds. The monoisotopic (exact) mass is 269 g/mol. The second-order valence-electron chi connectivity index (χ2n) is 5.05. The summed E-state index contributed by atoms with van der Waals surface area (Å²) in [7, 11) is 0. The molecule has 2 heterocycles. The molecule has 0 aliphatic rings. The Balaban J connectivity index is 1.80. The summed E-state index contributed by atoms with van der Waals surface area (Å²) in [5.74, 6) is 0.939. The van der Waals surface area contributed by atoms with Crippen LogP contribution in [-0.2, 0) is 6.54 Å². The summed E-state index contributed by atoms with van der Waals surface area (Å²) in [6.07, 6.45) is 4.00. The van der Waals surface area contributed by atoms with Gasteiger partial charge in [0.15, 0.2) is 0 Å². The van der Waals surface area contributed by atoms with Crippen LogP contribution in [0.3, 0.4) is 0 Å². The predicted octanol–water partition coefficient (Wildman–Crippen LogP) is 3.26. The summed E-state index contributed by atoms with van der Waals surface area (Å²) < 4.78 is 1.94. The van der Waals surface area contributed by atoms with Crippen LogP contribution in [0.4, 0.5) is 5.69 Å². The topological polar surface area (TPSA) is 58.5 Å². The van der Waals surface area contributed by atoms with Gasteiger partial charge in [0.05, 0.1) is 23.3 Å². The summed E-state index contributed by atoms with van der Waals surface area (Å²) in [6, 6.07) is 6.40. The first-order valence-corrected chi connectivity index (χ1v) is 6.91. The molecule has 5 heteroatoms. The van der Waals surface area contributed by atoms with Gasteiger partial charge in [-0.05, 0) is 39.0 Å². The number of imidazole rings is 1. The number of H-pyrrole nitrogens is 1. The van der Waals surface area contributed by atoms with Crippen molar-refractivity contribution in [3.63, 3.8) is 0 Å². The van der Waals surface area contributed by atoms with E-state index in [1.54, 1.807) is 0 Å². The van der Waals surface area contributed by atoms with E-state index in [-0.39, 0.29) is 6.04 Å². The number of hydrogen-bond donors (Lipinski definition) is 2. The third-order valence-electron chi connectivity index (χ3n) is 3.46. The van der Waals surface area contributed by atoms with Gasteiger partial charge >= 0.3 is 0 Å². The van der Waals surface area contributed by atoms with Crippen molar-refractivity contribution in [2.24, 2.45) is 0 Å². The maximum atomic E-state index is 4.41. The van der Waals surface area contributed by atoms with Crippen molar-refractivity contribution in [1.82, 2.24) is 19.7 Å². The number of fused-ring (bicyclic) bond motifs is 1. The van der Waals surface area contributed by atoms with Crippen LogP contribution >= 0.6 is 0 Å². The lowest BCUT2D eigenvalue weighted by molar-refractivity contribution is 0.658. The molecular formula is C15H19N5. The first-order valence-electron chi connectivity index (χ1n) is 6.91. The van der Waals surface area contributed by atoms with Gasteiger partial charge < -0.3 is 10.3 Å². The van der Waals surface area contributed by atoms with E-state index in [0.29, 0.717) is 0 Å². The van der Waals surface area contributed by atoms with Crippen LogP contribution in [0.25, 0.3) is 11.0 Å². The second kappa shape index (κ2) is 5.00. The summed E-state index contributed by atoms with van der Waals surface area (Å²) in [5, 5.41) is 7.81. The standard InChI is InChI=1S/C15H19N5/c1-4-20-9-12(8-16-20)10(2)17-13-5-6-14-15(7-13)19-11(3)18-14/h5-10,17H,4H2,1-3H3,(H,18,19). The lowest BCUT2D eigenvalue weighted by Gasteiger charge is -2.13. The van der Waals surface area contributed by atoms with Crippen molar-refractivity contribution in [2.75, 3.05) is 5.32 Å². The molecule has 0 saturated heterocycles. The predicted molar refractivity (Wildman–Crippen MR) is 80.8 cm³/mol. The number of hydrogen-bond acceptors (Lipinski definition) is 3. The van der Waals surface area contributed by atoms with E-state index in [0.717, 1.165) is 29.1 Å². The van der Waals surface area contributed by atoms with E-state index in [4.69, 9.17) is 0 Å². The molecule has 0 radical (unpaired) electrons. The highest BCUT2D eigenvalue weighted by Crippen LogP contribution is 2.22. The van der Waals surface area contributed by atoms with Gasteiger partial charge in [-0.2, -0.15) is 5.10 Å². The third kappa shape index (κ3) is 2.39. The minimum atomic E-state index is 0.219. The molecule has 104 valence electrons. The van der Waals surface area contributed by atoms with E-state index in [2.05, 4.69) is 52.6 Å². The van der Waals surface area contributed by atoms with Gasteiger partial charge in [0.25, 0.3) is 0 Å². The Kier molecular flexibility index (Phi) is 3.18. The smallest absolute Gasteiger partial charge is 0.104 e. The average molecular weight is 269 g/mol. The van der Waals surface area contributed by atoms with Crippen molar-refractivity contribution in [3.05, 3.63) is 42.0 Å². The normalized spacial score (nSPS) is 12.8. The molecule has 0 aliphatic heterocycles. The number of nitrogens with zero attached hydrogens (tertiary/aromatic N) is 3. The maximum absolute atomic E-state index is 4.41. The lowest BCUT2D eigenvalue weighted by Crippen LogP contribution is -2.05. The van der Waals surface area contributed by atoms with Crippen LogP contribution in [0.1, 0.15) is 31.3 Å². The van der Waals surface area contributed by atoms with Gasteiger partial charge in [0.2, 0.25) is 0 Å². The Labute approximate surface area is 118 Å². The minimum Gasteiger partial charge on any atom is -0.378 e. The molecule has 3 aromatic rings. The molecule has 0 bridgehead atoms. The molecule has 20 heavy (non-hydrogen) atoms. The highest BCUT2D eigenvalue weighted by atomic mass is 15.3. The van der Waals surface area contributed by atoms with Crippen LogP contribution in [0.15, 0.2) is 30.6 Å². The number of rotatable bonds is 4. The van der Waals surface area contributed by atoms with Gasteiger partial charge in [0.1, 0.15) is 5.82 Å². The highest BCUT2D eigenvalue weighted by molar-refractivity contribution is 5.79. The Morgan fingerprint density at radius 2 is 2.25 bits per heavy atom. The van der Waals surface area contributed by atoms with E-state index in [9.17, 15) is 0 Å². The fourth-order valence-corrected chi connectivity index (χ4v) is 2.34. The zero-order valence-corrected chi connectivity index (χ0v) is 12.0. The number of aryl methyl sites for hydroxylation is 2. The number of aromatic amines is 1. The molecule has 0 aliphatic carbocycles. The average Bonchev–Trinajstić information content (AvgIpc) is 3.03. The van der Waals surface area contributed by atoms with E-state index in [1.165, 1.54) is 5.56 Å². The Morgan fingerprint density at radius 3 is 3.00 bits per heavy atom. The van der Waals surface area contributed by atoms with Crippen LogP contribution in [0.5, 0.6) is 0 Å². The molecule has 1 atom stereocenters. The third-order valence-corrected chi connectivity index (χ3v) is 3.46. The van der Waals surface area contributed by atoms with Crippen molar-refractivity contribution in [3.8, 4) is 0 Å². The van der Waals surface area contributed by atoms with Gasteiger partial charge in [0, 0.05) is 24.0 Å². The SMILES string of the molecule is CCn1cc(C(C)Nc2ccc3nc(C)[nH]c3c2)cn1. The molecule has 3 rings (SSSR count). The quantitative estimate of drug-likeness (QED) is 0.764. The van der Waals surface area contributed by atoms with Crippen molar-refractivity contribution >= 4 is 16.7 Å². The van der Waals surface area contributed by atoms with Crippen LogP contribution in [0.2, 0.25) is 0 Å². The minimum absolute atomic E-state index is 0.219. The molecule has 1 aromatic carbocycles. The van der Waals surface area contributed by atoms with Gasteiger partial charge in [-0.1, -0.05) is 0 Å². The second-order valence-corrected chi connectivity index (χ2v) is 5.05. The zero-order valence-electron chi connectivity index (χ0n) is 12.0. The molecule has 0 saturated carbocycles. The number of aromatic nitrogens is 4. The molecule has 5 nitrogen and oxygen atoms in total. The fraction of sp³-hybridized carbons (Fsp3) is 0.333. The fourth-order valence-electron chi connectivity index (χ4n) is 2.34. The van der Waals surface area contributed by atoms with Gasteiger partial charge in [-0.15, -0.1) is 0 Å². The van der Waals surface area contributed by atoms with Crippen molar-refractivity contribution in [2.45, 2.75) is 33.4 Å². The first-order chi connectivity index (χ1) is 9.65. The molecule has 0 fully saturated rings. The Hall–Kier alpha value is -2.30. The van der Waals surface area contributed by atoms with Gasteiger partial charge in [-0.3, -0.25) is 4.68 Å². The van der Waals surface area contributed by atoms with Crippen LogP contribution < -0.4 is 5.32 Å². The molecular weight excluding hydrogens is 250 g/mol. The summed E-state index contributed by atoms with van der Waals surface area (Å²) in [6.45, 7) is 7.09. The first kappa shape index (κ1) is 12.7. The number of nitrogens with one attached hydrogen (secondary N) is 2. The van der Waals surface area contributed by atoms with Gasteiger partial charge in [-0.25, -0.2) is 4.98 Å². The van der Waals surface area contributed by atoms with Crippen LogP contribution in [-0.4, -0.2) is 19.7 Å². The molecule has 2 N–H and O–H groups in total. The lowest BCUT2D eigenvalue weighted by atomic mass is 10.1. The van der Waals surface area contributed by atoms with Crippen molar-refractivity contribution < 1.29 is 0 Å². The molecule has 2 aromatic heterocycles. The number of benzene rings is 1. The molecule has 0 spiro atoms. The maximum Gasteiger partial charge on any atom is 0.104 e. The summed E-state index contributed by atoms with van der Waals surface area (Å²) in [5.41, 5.74) is 4.33. The largest absolute Gasteiger partial charge is 0.378 e. The zero-order chi connectivity index (χ0) is 14.1. The Morgan fingerprint density at radius 1 is 1.40 bits per heavy atom. The highest BCUT2D eigenvalue weighted by Gasteiger charge is 2.08. The summed E-state index contributed by atoms with van der Waals surface area (Å²) >= 11 is 0. The van der Waals surface area contributed by atoms with E-state index >= 15 is 0 Å². The van der Waals surface area contributed by atoms with Crippen molar-refractivity contribution in [1.29, 1.82) is 0 Å². The Bertz CT molecular complexity index is 725. The van der Waals surface area contributed by atoms with E-state index < -0.39 is 0 Å². The molecule has 1 unspecified atom stereocenters. The van der Waals surface area contributed by atoms with Crippen LogP contribution in [0, 0.1) is 6.92 Å².